The van der Waals surface area contributed by atoms with E-state index in [2.05, 4.69) is 24.6 Å². The number of halogens is 3. The molecule has 2 aromatic rings. The van der Waals surface area contributed by atoms with Gasteiger partial charge in [-0.3, -0.25) is 10.3 Å². The van der Waals surface area contributed by atoms with Crippen molar-refractivity contribution in [3.63, 3.8) is 0 Å². The first-order chi connectivity index (χ1) is 15.2. The molecule has 0 bridgehead atoms. The molecule has 1 spiro atoms. The van der Waals surface area contributed by atoms with Gasteiger partial charge in [0.15, 0.2) is 0 Å². The summed E-state index contributed by atoms with van der Waals surface area (Å²) >= 11 is 0. The van der Waals surface area contributed by atoms with Gasteiger partial charge in [0.2, 0.25) is 0 Å². The molecule has 2 aliphatic heterocycles. The molecule has 0 aliphatic carbocycles. The van der Waals surface area contributed by atoms with Crippen LogP contribution in [-0.2, 0) is 11.0 Å². The Bertz CT molecular complexity index is 991. The molecule has 0 atom stereocenters. The zero-order valence-electron chi connectivity index (χ0n) is 18.0. The molecule has 2 aromatic carbocycles. The highest BCUT2D eigenvalue weighted by molar-refractivity contribution is 5.89. The Morgan fingerprint density at radius 1 is 1.06 bits per heavy atom. The number of carbonyl (C=O) groups is 1. The zero-order valence-corrected chi connectivity index (χ0v) is 18.0. The van der Waals surface area contributed by atoms with E-state index < -0.39 is 17.3 Å². The van der Waals surface area contributed by atoms with Crippen molar-refractivity contribution >= 4 is 17.4 Å². The molecule has 1 saturated heterocycles. The highest BCUT2D eigenvalue weighted by atomic mass is 19.4. The van der Waals surface area contributed by atoms with Crippen LogP contribution in [0.25, 0.3) is 5.70 Å². The number of nitrogens with zero attached hydrogens (tertiary/aromatic N) is 1. The van der Waals surface area contributed by atoms with Gasteiger partial charge in [0.1, 0.15) is 5.60 Å². The first-order valence-electron chi connectivity index (χ1n) is 10.7. The summed E-state index contributed by atoms with van der Waals surface area (Å²) < 4.78 is 38.3. The third-order valence-electron chi connectivity index (χ3n) is 6.02. The van der Waals surface area contributed by atoms with Crippen LogP contribution in [0.5, 0.6) is 0 Å². The Balaban J connectivity index is 1.35. The van der Waals surface area contributed by atoms with Crippen molar-refractivity contribution in [3.05, 3.63) is 71.3 Å². The minimum Gasteiger partial charge on any atom is -0.324 e. The van der Waals surface area contributed by atoms with Crippen molar-refractivity contribution in [2.45, 2.75) is 44.4 Å². The molecule has 170 valence electrons. The Hall–Kier alpha value is -3.00. The molecule has 0 aromatic heterocycles. The second kappa shape index (κ2) is 8.50. The summed E-state index contributed by atoms with van der Waals surface area (Å²) in [5.41, 5.74) is 4.82. The van der Waals surface area contributed by atoms with Gasteiger partial charge in [-0.2, -0.15) is 13.2 Å². The number of alkyl halides is 3. The van der Waals surface area contributed by atoms with E-state index in [1.807, 2.05) is 30.3 Å². The highest BCUT2D eigenvalue weighted by Gasteiger charge is 2.40. The minimum absolute atomic E-state index is 0.157. The van der Waals surface area contributed by atoms with E-state index in [0.717, 1.165) is 17.8 Å². The summed E-state index contributed by atoms with van der Waals surface area (Å²) in [6, 6.07) is 12.6. The number of piperidine rings is 1. The van der Waals surface area contributed by atoms with Gasteiger partial charge < -0.3 is 10.2 Å². The molecule has 4 rings (SSSR count). The maximum atomic E-state index is 12.8. The highest BCUT2D eigenvalue weighted by Crippen LogP contribution is 2.36. The number of rotatable bonds is 3. The molecule has 2 aliphatic rings. The largest absolute Gasteiger partial charge is 0.416 e. The minimum atomic E-state index is -4.36. The van der Waals surface area contributed by atoms with Crippen molar-refractivity contribution in [2.24, 2.45) is 0 Å². The average molecular weight is 445 g/mol. The number of hydrogen-bond acceptors (Lipinski definition) is 3. The van der Waals surface area contributed by atoms with Crippen molar-refractivity contribution in [1.29, 1.82) is 0 Å². The summed E-state index contributed by atoms with van der Waals surface area (Å²) in [5, 5.41) is 2.93. The maximum absolute atomic E-state index is 12.8. The van der Waals surface area contributed by atoms with Gasteiger partial charge in [-0.05, 0) is 47.4 Å². The molecular formula is C24H26F3N3O2. The van der Waals surface area contributed by atoms with Crippen molar-refractivity contribution in [3.8, 4) is 0 Å². The first kappa shape index (κ1) is 22.2. The van der Waals surface area contributed by atoms with E-state index in [-0.39, 0.29) is 6.03 Å². The second-order valence-electron chi connectivity index (χ2n) is 8.60. The molecular weight excluding hydrogens is 419 g/mol. The van der Waals surface area contributed by atoms with Crippen LogP contribution in [0.1, 0.15) is 49.3 Å². The van der Waals surface area contributed by atoms with Crippen LogP contribution < -0.4 is 10.8 Å². The van der Waals surface area contributed by atoms with Gasteiger partial charge in [-0.1, -0.05) is 38.1 Å². The monoisotopic (exact) mass is 445 g/mol. The number of benzene rings is 2. The number of carbonyl (C=O) groups excluding carboxylic acids is 1. The lowest BCUT2D eigenvalue weighted by atomic mass is 9.90. The number of urea groups is 1. The van der Waals surface area contributed by atoms with Crippen LogP contribution in [0.4, 0.5) is 23.7 Å². The molecule has 0 radical (unpaired) electrons. The van der Waals surface area contributed by atoms with Gasteiger partial charge in [0.25, 0.3) is 0 Å². The Labute approximate surface area is 185 Å². The first-order valence-corrected chi connectivity index (χ1v) is 10.7. The fourth-order valence-electron chi connectivity index (χ4n) is 3.95. The van der Waals surface area contributed by atoms with E-state index >= 15 is 0 Å². The smallest absolute Gasteiger partial charge is 0.324 e. The number of likely N-dealkylation sites (tertiary alicyclic amines) is 1. The third kappa shape index (κ3) is 4.75. The van der Waals surface area contributed by atoms with Gasteiger partial charge in [-0.15, -0.1) is 0 Å². The number of nitrogens with one attached hydrogen (secondary N) is 2. The van der Waals surface area contributed by atoms with E-state index in [4.69, 9.17) is 4.84 Å². The van der Waals surface area contributed by atoms with Gasteiger partial charge in [0, 0.05) is 31.6 Å². The van der Waals surface area contributed by atoms with E-state index in [1.165, 1.54) is 17.7 Å². The zero-order chi connectivity index (χ0) is 22.9. The lowest BCUT2D eigenvalue weighted by Crippen LogP contribution is -2.48. The second-order valence-corrected chi connectivity index (χ2v) is 8.60. The summed E-state index contributed by atoms with van der Waals surface area (Å²) in [6.45, 7) is 5.26. The molecule has 5 nitrogen and oxygen atoms in total. The topological polar surface area (TPSA) is 53.6 Å². The number of anilines is 1. The van der Waals surface area contributed by atoms with Crippen molar-refractivity contribution in [1.82, 2.24) is 10.4 Å². The summed E-state index contributed by atoms with van der Waals surface area (Å²) in [4.78, 5) is 20.2. The van der Waals surface area contributed by atoms with Crippen LogP contribution in [0, 0.1) is 0 Å². The predicted octanol–water partition coefficient (Wildman–Crippen LogP) is 5.77. The van der Waals surface area contributed by atoms with Crippen LogP contribution in [-0.4, -0.2) is 29.6 Å². The Kier molecular flexibility index (Phi) is 5.90. The van der Waals surface area contributed by atoms with Crippen LogP contribution in [0.2, 0.25) is 0 Å². The molecule has 1 fully saturated rings. The average Bonchev–Trinajstić information content (AvgIpc) is 3.17. The molecule has 0 unspecified atom stereocenters. The number of hydrogen-bond donors (Lipinski definition) is 2. The third-order valence-corrected chi connectivity index (χ3v) is 6.02. The standard InChI is InChI=1S/C24H26F3N3O2/c1-16(2)17-5-9-20(10-6-17)28-22(31)30-13-11-23(12-14-30)15-21(29-32-23)18-3-7-19(8-4-18)24(25,26)27/h3-10,15-16,29H,11-14H2,1-2H3,(H,28,31). The van der Waals surface area contributed by atoms with Crippen LogP contribution in [0.15, 0.2) is 54.6 Å². The summed E-state index contributed by atoms with van der Waals surface area (Å²) in [7, 11) is 0. The normalized spacial score (nSPS) is 17.9. The maximum Gasteiger partial charge on any atom is 0.416 e. The van der Waals surface area contributed by atoms with Crippen LogP contribution >= 0.6 is 0 Å². The number of amides is 2. The molecule has 2 heterocycles. The molecule has 8 heteroatoms. The van der Waals surface area contributed by atoms with Gasteiger partial charge in [0.05, 0.1) is 11.3 Å². The Morgan fingerprint density at radius 3 is 2.25 bits per heavy atom. The lowest BCUT2D eigenvalue weighted by Gasteiger charge is -2.36. The SMILES string of the molecule is CC(C)c1ccc(NC(=O)N2CCC3(C=C(c4ccc(C(F)(F)F)cc4)NO3)CC2)cc1. The lowest BCUT2D eigenvalue weighted by molar-refractivity contribution is -0.137. The van der Waals surface area contributed by atoms with E-state index in [9.17, 15) is 18.0 Å². The fourth-order valence-corrected chi connectivity index (χ4v) is 3.95. The van der Waals surface area contributed by atoms with Gasteiger partial charge >= 0.3 is 12.2 Å². The molecule has 2 N–H and O–H groups in total. The fraction of sp³-hybridized carbons (Fsp3) is 0.375. The summed E-state index contributed by atoms with van der Waals surface area (Å²) in [5.74, 6) is 0.429. The van der Waals surface area contributed by atoms with E-state index in [1.54, 1.807) is 4.90 Å². The van der Waals surface area contributed by atoms with Gasteiger partial charge in [-0.25, -0.2) is 4.79 Å². The molecule has 0 saturated carbocycles. The van der Waals surface area contributed by atoms with Crippen molar-refractivity contribution in [2.75, 3.05) is 18.4 Å². The van der Waals surface area contributed by atoms with E-state index in [0.29, 0.717) is 43.1 Å². The van der Waals surface area contributed by atoms with Crippen LogP contribution in [0.3, 0.4) is 0 Å². The molecule has 2 amide bonds. The quantitative estimate of drug-likeness (QED) is 0.631. The summed E-state index contributed by atoms with van der Waals surface area (Å²) in [6.07, 6.45) is -1.28. The van der Waals surface area contributed by atoms with Crippen molar-refractivity contribution < 1.29 is 22.8 Å². The Morgan fingerprint density at radius 2 is 1.69 bits per heavy atom. The number of hydroxylamine groups is 1. The molecule has 32 heavy (non-hydrogen) atoms. The predicted molar refractivity (Wildman–Crippen MR) is 117 cm³/mol.